The number of aromatic nitrogens is 3. The number of fused-ring (bicyclic) bond motifs is 2. The van der Waals surface area contributed by atoms with Gasteiger partial charge >= 0.3 is 0 Å². The molecule has 132 valence electrons. The summed E-state index contributed by atoms with van der Waals surface area (Å²) in [6, 6.07) is 17.7. The van der Waals surface area contributed by atoms with Gasteiger partial charge in [-0.25, -0.2) is 9.97 Å². The Morgan fingerprint density at radius 3 is 2.67 bits per heavy atom. The van der Waals surface area contributed by atoms with E-state index in [0.29, 0.717) is 12.4 Å². The molecule has 0 atom stereocenters. The first-order valence-corrected chi connectivity index (χ1v) is 8.66. The number of anilines is 1. The second-order valence-electron chi connectivity index (χ2n) is 6.19. The molecule has 0 amide bonds. The molecule has 3 heterocycles. The number of nitrogens with one attached hydrogen (secondary N) is 1. The summed E-state index contributed by atoms with van der Waals surface area (Å²) < 4.78 is 10.8. The van der Waals surface area contributed by atoms with E-state index in [1.807, 2.05) is 54.6 Å². The molecule has 1 aliphatic heterocycles. The summed E-state index contributed by atoms with van der Waals surface area (Å²) in [6.07, 6.45) is 3.49. The molecular weight excluding hydrogens is 340 g/mol. The molecule has 0 saturated heterocycles. The predicted octanol–water partition coefficient (Wildman–Crippen LogP) is 4.03. The smallest absolute Gasteiger partial charge is 0.231 e. The molecule has 0 aliphatic carbocycles. The van der Waals surface area contributed by atoms with Crippen molar-refractivity contribution in [3.8, 4) is 22.9 Å². The lowest BCUT2D eigenvalue weighted by Gasteiger charge is -2.11. The summed E-state index contributed by atoms with van der Waals surface area (Å²) in [6.45, 7) is 0.894. The third-order valence-corrected chi connectivity index (χ3v) is 4.44. The number of pyridine rings is 1. The van der Waals surface area contributed by atoms with Crippen molar-refractivity contribution in [3.63, 3.8) is 0 Å². The van der Waals surface area contributed by atoms with Gasteiger partial charge in [0, 0.05) is 29.9 Å². The Kier molecular flexibility index (Phi) is 3.79. The molecule has 0 bridgehead atoms. The van der Waals surface area contributed by atoms with Gasteiger partial charge in [-0.05, 0) is 42.0 Å². The van der Waals surface area contributed by atoms with Crippen molar-refractivity contribution >= 4 is 16.7 Å². The molecule has 0 saturated carbocycles. The van der Waals surface area contributed by atoms with Crippen LogP contribution >= 0.6 is 0 Å². The van der Waals surface area contributed by atoms with E-state index in [4.69, 9.17) is 19.4 Å². The molecule has 2 aromatic heterocycles. The summed E-state index contributed by atoms with van der Waals surface area (Å²) in [5.41, 5.74) is 2.92. The monoisotopic (exact) mass is 356 g/mol. The van der Waals surface area contributed by atoms with Crippen LogP contribution in [-0.4, -0.2) is 21.7 Å². The highest BCUT2D eigenvalue weighted by Crippen LogP contribution is 2.33. The quantitative estimate of drug-likeness (QED) is 0.595. The highest BCUT2D eigenvalue weighted by molar-refractivity contribution is 5.90. The lowest BCUT2D eigenvalue weighted by molar-refractivity contribution is 0.174. The van der Waals surface area contributed by atoms with Crippen LogP contribution < -0.4 is 14.8 Å². The van der Waals surface area contributed by atoms with Crippen molar-refractivity contribution in [2.45, 2.75) is 6.54 Å². The molecule has 2 aromatic carbocycles. The van der Waals surface area contributed by atoms with E-state index in [9.17, 15) is 0 Å². The normalized spacial score (nSPS) is 12.3. The minimum atomic E-state index is 0.276. The number of ether oxygens (including phenoxy) is 2. The Morgan fingerprint density at radius 2 is 1.74 bits per heavy atom. The van der Waals surface area contributed by atoms with Crippen molar-refractivity contribution in [1.29, 1.82) is 0 Å². The molecule has 27 heavy (non-hydrogen) atoms. The highest BCUT2D eigenvalue weighted by atomic mass is 16.7. The molecular formula is C21H16N4O2. The zero-order valence-electron chi connectivity index (χ0n) is 14.4. The van der Waals surface area contributed by atoms with E-state index < -0.39 is 0 Å². The molecule has 1 N–H and O–H groups in total. The second-order valence-corrected chi connectivity index (χ2v) is 6.19. The Hall–Kier alpha value is -3.67. The molecule has 0 fully saturated rings. The summed E-state index contributed by atoms with van der Waals surface area (Å²) >= 11 is 0. The van der Waals surface area contributed by atoms with E-state index >= 15 is 0 Å². The van der Waals surface area contributed by atoms with Gasteiger partial charge in [0.05, 0.1) is 5.52 Å². The predicted molar refractivity (Wildman–Crippen MR) is 103 cm³/mol. The van der Waals surface area contributed by atoms with Gasteiger partial charge in [0.2, 0.25) is 6.79 Å². The van der Waals surface area contributed by atoms with Crippen LogP contribution in [0.25, 0.3) is 22.3 Å². The Balaban J connectivity index is 1.50. The third-order valence-electron chi connectivity index (χ3n) is 4.44. The minimum absolute atomic E-state index is 0.276. The van der Waals surface area contributed by atoms with Crippen molar-refractivity contribution in [2.24, 2.45) is 0 Å². The van der Waals surface area contributed by atoms with Gasteiger partial charge in [0.1, 0.15) is 5.82 Å². The van der Waals surface area contributed by atoms with Crippen molar-refractivity contribution < 1.29 is 9.47 Å². The molecule has 0 spiro atoms. The van der Waals surface area contributed by atoms with Crippen molar-refractivity contribution in [1.82, 2.24) is 15.0 Å². The van der Waals surface area contributed by atoms with Gasteiger partial charge < -0.3 is 14.8 Å². The SMILES string of the molecule is c1ccc2c(NCc3ccc4c(c3)OCO4)nc(-c3ccncc3)nc2c1. The molecule has 0 unspecified atom stereocenters. The minimum Gasteiger partial charge on any atom is -0.454 e. The van der Waals surface area contributed by atoms with Crippen LogP contribution in [0.1, 0.15) is 5.56 Å². The fourth-order valence-corrected chi connectivity index (χ4v) is 3.08. The zero-order valence-corrected chi connectivity index (χ0v) is 14.4. The first kappa shape index (κ1) is 15.6. The highest BCUT2D eigenvalue weighted by Gasteiger charge is 2.14. The molecule has 1 aliphatic rings. The first-order chi connectivity index (χ1) is 13.4. The van der Waals surface area contributed by atoms with Gasteiger partial charge in [0.15, 0.2) is 17.3 Å². The van der Waals surface area contributed by atoms with Crippen LogP contribution in [0.2, 0.25) is 0 Å². The van der Waals surface area contributed by atoms with Gasteiger partial charge in [-0.15, -0.1) is 0 Å². The van der Waals surface area contributed by atoms with Crippen LogP contribution in [0.15, 0.2) is 67.0 Å². The number of hydrogen-bond acceptors (Lipinski definition) is 6. The maximum atomic E-state index is 5.46. The summed E-state index contributed by atoms with van der Waals surface area (Å²) in [5, 5.41) is 4.42. The fourth-order valence-electron chi connectivity index (χ4n) is 3.08. The van der Waals surface area contributed by atoms with Crippen LogP contribution in [0.5, 0.6) is 11.5 Å². The van der Waals surface area contributed by atoms with Gasteiger partial charge in [-0.2, -0.15) is 0 Å². The molecule has 4 aromatic rings. The van der Waals surface area contributed by atoms with Gasteiger partial charge in [-0.3, -0.25) is 4.98 Å². The maximum Gasteiger partial charge on any atom is 0.231 e. The third kappa shape index (κ3) is 3.01. The second kappa shape index (κ2) is 6.57. The van der Waals surface area contributed by atoms with Gasteiger partial charge in [0.25, 0.3) is 0 Å². The Bertz CT molecular complexity index is 1120. The molecule has 6 heteroatoms. The lowest BCUT2D eigenvalue weighted by Crippen LogP contribution is -2.04. The number of para-hydroxylation sites is 1. The van der Waals surface area contributed by atoms with E-state index in [1.54, 1.807) is 12.4 Å². The topological polar surface area (TPSA) is 69.2 Å². The van der Waals surface area contributed by atoms with Crippen molar-refractivity contribution in [3.05, 3.63) is 72.6 Å². The number of rotatable bonds is 4. The standard InChI is InChI=1S/C21H16N4O2/c1-2-4-17-16(3-1)21(25-20(24-17)15-7-9-22-10-8-15)23-12-14-5-6-18-19(11-14)27-13-26-18/h1-11H,12-13H2,(H,23,24,25). The van der Waals surface area contributed by atoms with E-state index in [0.717, 1.165) is 39.3 Å². The van der Waals surface area contributed by atoms with Crippen LogP contribution in [0.3, 0.4) is 0 Å². The molecule has 0 radical (unpaired) electrons. The number of benzene rings is 2. The van der Waals surface area contributed by atoms with Crippen LogP contribution in [-0.2, 0) is 6.54 Å². The van der Waals surface area contributed by atoms with Crippen LogP contribution in [0.4, 0.5) is 5.82 Å². The number of nitrogens with zero attached hydrogens (tertiary/aromatic N) is 3. The average Bonchev–Trinajstić information content (AvgIpc) is 3.20. The Labute approximate surface area is 155 Å². The summed E-state index contributed by atoms with van der Waals surface area (Å²) in [4.78, 5) is 13.5. The largest absolute Gasteiger partial charge is 0.454 e. The van der Waals surface area contributed by atoms with E-state index in [-0.39, 0.29) is 6.79 Å². The van der Waals surface area contributed by atoms with Crippen molar-refractivity contribution in [2.75, 3.05) is 12.1 Å². The average molecular weight is 356 g/mol. The molecule has 6 nitrogen and oxygen atoms in total. The fraction of sp³-hybridized carbons (Fsp3) is 0.0952. The lowest BCUT2D eigenvalue weighted by atomic mass is 10.2. The van der Waals surface area contributed by atoms with E-state index in [1.165, 1.54) is 0 Å². The maximum absolute atomic E-state index is 5.46. The Morgan fingerprint density at radius 1 is 0.889 bits per heavy atom. The summed E-state index contributed by atoms with van der Waals surface area (Å²) in [7, 11) is 0. The van der Waals surface area contributed by atoms with Gasteiger partial charge in [-0.1, -0.05) is 18.2 Å². The summed E-state index contributed by atoms with van der Waals surface area (Å²) in [5.74, 6) is 3.03. The zero-order chi connectivity index (χ0) is 18.1. The first-order valence-electron chi connectivity index (χ1n) is 8.66. The van der Waals surface area contributed by atoms with Crippen LogP contribution in [0, 0.1) is 0 Å². The number of hydrogen-bond donors (Lipinski definition) is 1. The van der Waals surface area contributed by atoms with E-state index in [2.05, 4.69) is 10.3 Å². The molecule has 5 rings (SSSR count).